The zero-order valence-corrected chi connectivity index (χ0v) is 12.1. The number of aromatic nitrogens is 1. The molecule has 0 fully saturated rings. The van der Waals surface area contributed by atoms with Crippen molar-refractivity contribution in [3.05, 3.63) is 51.0 Å². The molecule has 0 aliphatic carbocycles. The van der Waals surface area contributed by atoms with Gasteiger partial charge in [-0.1, -0.05) is 6.07 Å². The molecule has 0 aliphatic heterocycles. The number of anilines is 1. The molecule has 0 radical (unpaired) electrons. The lowest BCUT2D eigenvalue weighted by atomic mass is 10.2. The summed E-state index contributed by atoms with van der Waals surface area (Å²) in [5.74, 6) is 0. The first-order chi connectivity index (χ1) is 10.1. The van der Waals surface area contributed by atoms with Crippen LogP contribution in [0.3, 0.4) is 0 Å². The molecular formula is C13H14N4O3S. The SMILES string of the molecule is C[C@H](Cc1cccs1)NC(=O)Nc1ccncc1[N+](=O)[O-]. The van der Waals surface area contributed by atoms with E-state index >= 15 is 0 Å². The number of carbonyl (C=O) groups is 1. The minimum atomic E-state index is -0.586. The number of nitrogens with one attached hydrogen (secondary N) is 2. The van der Waals surface area contributed by atoms with Crippen LogP contribution in [-0.4, -0.2) is 22.0 Å². The van der Waals surface area contributed by atoms with Gasteiger partial charge in [-0.3, -0.25) is 15.1 Å². The van der Waals surface area contributed by atoms with E-state index in [4.69, 9.17) is 0 Å². The molecule has 2 amide bonds. The van der Waals surface area contributed by atoms with Crippen LogP contribution in [0.25, 0.3) is 0 Å². The van der Waals surface area contributed by atoms with Crippen LogP contribution in [0.1, 0.15) is 11.8 Å². The lowest BCUT2D eigenvalue weighted by Gasteiger charge is -2.13. The van der Waals surface area contributed by atoms with Crippen LogP contribution in [-0.2, 0) is 6.42 Å². The van der Waals surface area contributed by atoms with E-state index in [0.29, 0.717) is 6.42 Å². The van der Waals surface area contributed by atoms with Crippen LogP contribution in [0.2, 0.25) is 0 Å². The molecule has 2 N–H and O–H groups in total. The van der Waals surface area contributed by atoms with Gasteiger partial charge in [0.25, 0.3) is 0 Å². The molecule has 0 aromatic carbocycles. The molecule has 8 heteroatoms. The summed E-state index contributed by atoms with van der Waals surface area (Å²) in [6.07, 6.45) is 3.20. The highest BCUT2D eigenvalue weighted by Crippen LogP contribution is 2.21. The first-order valence-electron chi connectivity index (χ1n) is 6.24. The smallest absolute Gasteiger partial charge is 0.319 e. The van der Waals surface area contributed by atoms with Crippen molar-refractivity contribution in [2.45, 2.75) is 19.4 Å². The van der Waals surface area contributed by atoms with Crippen molar-refractivity contribution in [1.29, 1.82) is 0 Å². The second kappa shape index (κ2) is 6.80. The second-order valence-corrected chi connectivity index (χ2v) is 5.47. The zero-order valence-electron chi connectivity index (χ0n) is 11.3. The van der Waals surface area contributed by atoms with Gasteiger partial charge in [0.1, 0.15) is 11.9 Å². The molecule has 0 unspecified atom stereocenters. The maximum Gasteiger partial charge on any atom is 0.319 e. The Morgan fingerprint density at radius 3 is 3.00 bits per heavy atom. The number of thiophene rings is 1. The third-order valence-electron chi connectivity index (χ3n) is 2.71. The number of urea groups is 1. The molecule has 2 aromatic heterocycles. The molecule has 21 heavy (non-hydrogen) atoms. The lowest BCUT2D eigenvalue weighted by molar-refractivity contribution is -0.384. The van der Waals surface area contributed by atoms with E-state index in [1.807, 2.05) is 24.4 Å². The number of rotatable bonds is 5. The summed E-state index contributed by atoms with van der Waals surface area (Å²) >= 11 is 1.62. The largest absolute Gasteiger partial charge is 0.335 e. The Hall–Kier alpha value is -2.48. The van der Waals surface area contributed by atoms with Gasteiger partial charge < -0.3 is 10.6 Å². The number of nitrogens with zero attached hydrogens (tertiary/aromatic N) is 2. The van der Waals surface area contributed by atoms with Crippen LogP contribution in [0, 0.1) is 10.1 Å². The van der Waals surface area contributed by atoms with Gasteiger partial charge in [-0.25, -0.2) is 4.79 Å². The van der Waals surface area contributed by atoms with E-state index in [2.05, 4.69) is 15.6 Å². The zero-order chi connectivity index (χ0) is 15.2. The van der Waals surface area contributed by atoms with Crippen molar-refractivity contribution >= 4 is 28.7 Å². The predicted molar refractivity (Wildman–Crippen MR) is 80.5 cm³/mol. The second-order valence-electron chi connectivity index (χ2n) is 4.43. The Morgan fingerprint density at radius 1 is 1.52 bits per heavy atom. The Morgan fingerprint density at radius 2 is 2.33 bits per heavy atom. The summed E-state index contributed by atoms with van der Waals surface area (Å²) in [7, 11) is 0. The van der Waals surface area contributed by atoms with Crippen LogP contribution in [0.4, 0.5) is 16.2 Å². The van der Waals surface area contributed by atoms with Gasteiger partial charge in [-0.15, -0.1) is 11.3 Å². The molecule has 110 valence electrons. The fourth-order valence-corrected chi connectivity index (χ4v) is 2.64. The Balaban J connectivity index is 1.94. The van der Waals surface area contributed by atoms with Gasteiger partial charge in [0.05, 0.1) is 4.92 Å². The number of carbonyl (C=O) groups excluding carboxylic acids is 1. The highest BCUT2D eigenvalue weighted by atomic mass is 32.1. The van der Waals surface area contributed by atoms with Crippen molar-refractivity contribution in [2.75, 3.05) is 5.32 Å². The predicted octanol–water partition coefficient (Wildman–Crippen LogP) is 2.80. The van der Waals surface area contributed by atoms with Gasteiger partial charge in [0, 0.05) is 23.5 Å². The molecule has 0 saturated heterocycles. The average molecular weight is 306 g/mol. The lowest BCUT2D eigenvalue weighted by Crippen LogP contribution is -2.37. The summed E-state index contributed by atoms with van der Waals surface area (Å²) in [5.41, 5.74) is -0.116. The minimum absolute atomic E-state index is 0.0791. The minimum Gasteiger partial charge on any atom is -0.335 e. The van der Waals surface area contributed by atoms with E-state index in [0.717, 1.165) is 11.1 Å². The fraction of sp³-hybridized carbons (Fsp3) is 0.231. The molecule has 2 heterocycles. The van der Waals surface area contributed by atoms with E-state index in [1.54, 1.807) is 11.3 Å². The molecule has 7 nitrogen and oxygen atoms in total. The first kappa shape index (κ1) is 14.9. The summed E-state index contributed by atoms with van der Waals surface area (Å²) in [5, 5.41) is 18.0. The van der Waals surface area contributed by atoms with E-state index in [-0.39, 0.29) is 17.4 Å². The van der Waals surface area contributed by atoms with E-state index in [9.17, 15) is 14.9 Å². The standard InChI is InChI=1S/C13H14N4O3S/c1-9(7-10-3-2-6-21-10)15-13(18)16-11-4-5-14-8-12(11)17(19)20/h2-6,8-9H,7H2,1H3,(H2,14,15,16,18)/t9-/m1/s1. The van der Waals surface area contributed by atoms with Crippen LogP contribution >= 0.6 is 11.3 Å². The van der Waals surface area contributed by atoms with Gasteiger partial charge in [-0.05, 0) is 24.4 Å². The number of pyridine rings is 1. The maximum absolute atomic E-state index is 11.9. The Bertz CT molecular complexity index is 630. The van der Waals surface area contributed by atoms with Crippen molar-refractivity contribution in [1.82, 2.24) is 10.3 Å². The Kier molecular flexibility index (Phi) is 4.83. The number of nitro groups is 1. The fourth-order valence-electron chi connectivity index (χ4n) is 1.80. The Labute approximate surface area is 125 Å². The molecule has 0 bridgehead atoms. The van der Waals surface area contributed by atoms with Gasteiger partial charge in [0.2, 0.25) is 0 Å². The molecule has 1 atom stereocenters. The highest BCUT2D eigenvalue weighted by Gasteiger charge is 2.16. The van der Waals surface area contributed by atoms with Gasteiger partial charge in [0.15, 0.2) is 0 Å². The molecule has 0 spiro atoms. The number of hydrogen-bond donors (Lipinski definition) is 2. The number of amides is 2. The van der Waals surface area contributed by atoms with Crippen LogP contribution < -0.4 is 10.6 Å². The quantitative estimate of drug-likeness (QED) is 0.655. The van der Waals surface area contributed by atoms with Crippen LogP contribution in [0.15, 0.2) is 36.0 Å². The van der Waals surface area contributed by atoms with Crippen molar-refractivity contribution < 1.29 is 9.72 Å². The molecule has 0 saturated carbocycles. The summed E-state index contributed by atoms with van der Waals surface area (Å²) in [6, 6.07) is 4.78. The van der Waals surface area contributed by atoms with Gasteiger partial charge >= 0.3 is 11.7 Å². The summed E-state index contributed by atoms with van der Waals surface area (Å²) in [4.78, 5) is 26.9. The van der Waals surface area contributed by atoms with Crippen molar-refractivity contribution in [2.24, 2.45) is 0 Å². The highest BCUT2D eigenvalue weighted by molar-refractivity contribution is 7.09. The first-order valence-corrected chi connectivity index (χ1v) is 7.12. The monoisotopic (exact) mass is 306 g/mol. The molecule has 2 aromatic rings. The third-order valence-corrected chi connectivity index (χ3v) is 3.61. The van der Waals surface area contributed by atoms with Crippen LogP contribution in [0.5, 0.6) is 0 Å². The average Bonchev–Trinajstić information content (AvgIpc) is 2.91. The maximum atomic E-state index is 11.9. The van der Waals surface area contributed by atoms with Crippen molar-refractivity contribution in [3.63, 3.8) is 0 Å². The van der Waals surface area contributed by atoms with Gasteiger partial charge in [-0.2, -0.15) is 0 Å². The summed E-state index contributed by atoms with van der Waals surface area (Å²) in [6.45, 7) is 1.88. The van der Waals surface area contributed by atoms with Crippen molar-refractivity contribution in [3.8, 4) is 0 Å². The topological polar surface area (TPSA) is 97.2 Å². The molecule has 2 rings (SSSR count). The van der Waals surface area contributed by atoms with E-state index < -0.39 is 11.0 Å². The summed E-state index contributed by atoms with van der Waals surface area (Å²) < 4.78 is 0. The molecular weight excluding hydrogens is 292 g/mol. The normalized spacial score (nSPS) is 11.7. The van der Waals surface area contributed by atoms with E-state index in [1.165, 1.54) is 12.3 Å². The third kappa shape index (κ3) is 4.25. The number of hydrogen-bond acceptors (Lipinski definition) is 5. The molecule has 0 aliphatic rings.